The van der Waals surface area contributed by atoms with E-state index < -0.39 is 30.2 Å². The van der Waals surface area contributed by atoms with E-state index in [0.717, 1.165) is 7.14 Å². The lowest BCUT2D eigenvalue weighted by atomic mass is 10.1. The molecule has 8 nitrogen and oxygen atoms in total. The highest BCUT2D eigenvalue weighted by Crippen LogP contribution is 2.38. The first-order valence-corrected chi connectivity index (χ1v) is 15.9. The number of nitro groups is 2. The average Bonchev–Trinajstić information content (AvgIpc) is 2.95. The Kier molecular flexibility index (Phi) is 10.0. The molecular weight excluding hydrogens is 770 g/mol. The van der Waals surface area contributed by atoms with Gasteiger partial charge >= 0.3 is 0 Å². The summed E-state index contributed by atoms with van der Waals surface area (Å²) in [6.07, 6.45) is 6.49. The molecule has 41 heavy (non-hydrogen) atoms. The van der Waals surface area contributed by atoms with Crippen LogP contribution in [0.15, 0.2) is 109 Å². The van der Waals surface area contributed by atoms with Crippen molar-refractivity contribution in [2.75, 3.05) is 0 Å². The molecule has 0 aromatic heterocycles. The van der Waals surface area contributed by atoms with Crippen molar-refractivity contribution in [1.82, 2.24) is 0 Å². The molecule has 2 atom stereocenters. The van der Waals surface area contributed by atoms with Crippen molar-refractivity contribution >= 4 is 78.5 Å². The molecule has 0 spiro atoms. The van der Waals surface area contributed by atoms with Gasteiger partial charge in [0, 0.05) is 31.4 Å². The average molecular weight is 792 g/mol. The highest BCUT2D eigenvalue weighted by Gasteiger charge is 2.33. The number of hydrogen-bond acceptors (Lipinski definition) is 6. The molecule has 0 fully saturated rings. The molecular formula is C30H22I2N2O6S. The summed E-state index contributed by atoms with van der Waals surface area (Å²) in [6, 6.07) is 26.2. The fourth-order valence-electron chi connectivity index (χ4n) is 4.09. The Morgan fingerprint density at radius 3 is 1.17 bits per heavy atom. The maximum absolute atomic E-state index is 14.4. The van der Waals surface area contributed by atoms with Gasteiger partial charge in [0.2, 0.25) is 0 Å². The van der Waals surface area contributed by atoms with Crippen molar-refractivity contribution in [2.24, 2.45) is 0 Å². The van der Waals surface area contributed by atoms with Gasteiger partial charge in [-0.25, -0.2) is 8.42 Å². The molecule has 0 saturated carbocycles. The SMILES string of the molecule is O=[N+]([O-])c1ccc(C=CC(c2ccc(I)cc2)S(=O)(=O)C(C=Cc2ccc([N+](=O)[O-])cc2)c2ccc(I)cc2)cc1. The Morgan fingerprint density at radius 2 is 0.878 bits per heavy atom. The van der Waals surface area contributed by atoms with Gasteiger partial charge in [0.15, 0.2) is 9.84 Å². The lowest BCUT2D eigenvalue weighted by Gasteiger charge is -2.22. The van der Waals surface area contributed by atoms with Crippen molar-refractivity contribution in [1.29, 1.82) is 0 Å². The van der Waals surface area contributed by atoms with Gasteiger partial charge in [-0.05, 0) is 116 Å². The van der Waals surface area contributed by atoms with E-state index >= 15 is 0 Å². The molecule has 11 heteroatoms. The zero-order valence-electron chi connectivity index (χ0n) is 21.2. The van der Waals surface area contributed by atoms with E-state index in [0.29, 0.717) is 22.3 Å². The third-order valence-electron chi connectivity index (χ3n) is 6.24. The quantitative estimate of drug-likeness (QED) is 0.0905. The molecule has 0 saturated heterocycles. The third-order valence-corrected chi connectivity index (χ3v) is 9.95. The van der Waals surface area contributed by atoms with Crippen LogP contribution in [0.1, 0.15) is 32.8 Å². The standard InChI is InChI=1S/C30H22I2N2O6S/c31-25-11-7-23(8-12-25)29(19-5-21-1-15-27(16-2-21)33(35)36)41(39,40)30(24-9-13-26(32)14-10-24)20-6-22-3-17-28(18-4-22)34(37)38/h1-20,29-30H. The molecule has 0 amide bonds. The van der Waals surface area contributed by atoms with Gasteiger partial charge in [0.25, 0.3) is 11.4 Å². The molecule has 0 aliphatic rings. The van der Waals surface area contributed by atoms with Crippen molar-refractivity contribution in [3.05, 3.63) is 159 Å². The zero-order valence-corrected chi connectivity index (χ0v) is 26.3. The van der Waals surface area contributed by atoms with E-state index in [9.17, 15) is 28.6 Å². The fraction of sp³-hybridized carbons (Fsp3) is 0.0667. The number of hydrogen-bond donors (Lipinski definition) is 0. The maximum atomic E-state index is 14.4. The topological polar surface area (TPSA) is 120 Å². The van der Waals surface area contributed by atoms with Gasteiger partial charge in [0.05, 0.1) is 9.85 Å². The normalized spacial score (nSPS) is 13.3. The van der Waals surface area contributed by atoms with Gasteiger partial charge in [-0.3, -0.25) is 20.2 Å². The van der Waals surface area contributed by atoms with Crippen molar-refractivity contribution in [2.45, 2.75) is 10.5 Å². The smallest absolute Gasteiger partial charge is 0.258 e. The molecule has 208 valence electrons. The monoisotopic (exact) mass is 792 g/mol. The molecule has 0 N–H and O–H groups in total. The highest BCUT2D eigenvalue weighted by molar-refractivity contribution is 14.1. The molecule has 0 aliphatic heterocycles. The van der Waals surface area contributed by atoms with Gasteiger partial charge in [-0.2, -0.15) is 0 Å². The third kappa shape index (κ3) is 7.86. The molecule has 0 heterocycles. The second-order valence-corrected chi connectivity index (χ2v) is 13.6. The van der Waals surface area contributed by atoms with Crippen LogP contribution in [0.5, 0.6) is 0 Å². The van der Waals surface area contributed by atoms with Crippen LogP contribution in [0.4, 0.5) is 11.4 Å². The van der Waals surface area contributed by atoms with Crippen LogP contribution in [0.25, 0.3) is 12.2 Å². The van der Waals surface area contributed by atoms with E-state index in [2.05, 4.69) is 45.2 Å². The number of rotatable bonds is 10. The number of nitrogens with zero attached hydrogens (tertiary/aromatic N) is 2. The molecule has 0 aliphatic carbocycles. The summed E-state index contributed by atoms with van der Waals surface area (Å²) in [4.78, 5) is 21.1. The Hall–Kier alpha value is -3.43. The first-order chi connectivity index (χ1) is 19.5. The summed E-state index contributed by atoms with van der Waals surface area (Å²) in [5, 5.41) is 20.0. The highest BCUT2D eigenvalue weighted by atomic mass is 127. The summed E-state index contributed by atoms with van der Waals surface area (Å²) in [5.74, 6) is 0. The minimum Gasteiger partial charge on any atom is -0.258 e. The van der Waals surface area contributed by atoms with Crippen LogP contribution < -0.4 is 0 Å². The van der Waals surface area contributed by atoms with Crippen LogP contribution >= 0.6 is 45.2 Å². The second-order valence-electron chi connectivity index (χ2n) is 8.95. The minimum atomic E-state index is -3.97. The predicted molar refractivity (Wildman–Crippen MR) is 177 cm³/mol. The number of halogens is 2. The van der Waals surface area contributed by atoms with Gasteiger partial charge < -0.3 is 0 Å². The summed E-state index contributed by atoms with van der Waals surface area (Å²) < 4.78 is 30.8. The largest absolute Gasteiger partial charge is 0.269 e. The Balaban J connectivity index is 1.79. The van der Waals surface area contributed by atoms with E-state index in [4.69, 9.17) is 0 Å². The van der Waals surface area contributed by atoms with Crippen LogP contribution in [0.2, 0.25) is 0 Å². The molecule has 0 bridgehead atoms. The predicted octanol–water partition coefficient (Wildman–Crippen LogP) is 8.34. The Morgan fingerprint density at radius 1 is 0.561 bits per heavy atom. The fourth-order valence-corrected chi connectivity index (χ4v) is 6.80. The first-order valence-electron chi connectivity index (χ1n) is 12.1. The van der Waals surface area contributed by atoms with E-state index in [1.54, 1.807) is 72.8 Å². The van der Waals surface area contributed by atoms with Crippen molar-refractivity contribution < 1.29 is 18.3 Å². The Bertz CT molecular complexity index is 1580. The van der Waals surface area contributed by atoms with E-state index in [1.807, 2.05) is 24.3 Å². The lowest BCUT2D eigenvalue weighted by molar-refractivity contribution is -0.385. The van der Waals surface area contributed by atoms with Gasteiger partial charge in [-0.15, -0.1) is 0 Å². The Labute approximate surface area is 264 Å². The number of benzene rings is 4. The van der Waals surface area contributed by atoms with Crippen LogP contribution in [-0.4, -0.2) is 18.3 Å². The molecule has 2 unspecified atom stereocenters. The van der Waals surface area contributed by atoms with Gasteiger partial charge in [-0.1, -0.05) is 48.6 Å². The summed E-state index contributed by atoms with van der Waals surface area (Å²) >= 11 is 4.31. The van der Waals surface area contributed by atoms with E-state index in [-0.39, 0.29) is 11.4 Å². The lowest BCUT2D eigenvalue weighted by Crippen LogP contribution is -2.19. The maximum Gasteiger partial charge on any atom is 0.269 e. The van der Waals surface area contributed by atoms with Gasteiger partial charge in [0.1, 0.15) is 10.5 Å². The summed E-state index contributed by atoms with van der Waals surface area (Å²) in [6.45, 7) is 0. The molecule has 4 aromatic rings. The first kappa shape index (κ1) is 30.5. The number of non-ortho nitro benzene ring substituents is 2. The van der Waals surface area contributed by atoms with Crippen LogP contribution in [0.3, 0.4) is 0 Å². The molecule has 4 rings (SSSR count). The molecule has 4 aromatic carbocycles. The van der Waals surface area contributed by atoms with Crippen molar-refractivity contribution in [3.63, 3.8) is 0 Å². The summed E-state index contributed by atoms with van der Waals surface area (Å²) in [7, 11) is -3.97. The van der Waals surface area contributed by atoms with Crippen molar-refractivity contribution in [3.8, 4) is 0 Å². The second kappa shape index (κ2) is 13.5. The number of sulfone groups is 1. The van der Waals surface area contributed by atoms with Crippen LogP contribution in [-0.2, 0) is 9.84 Å². The molecule has 0 radical (unpaired) electrons. The number of nitro benzene ring substituents is 2. The summed E-state index contributed by atoms with van der Waals surface area (Å²) in [5.41, 5.74) is 2.27. The van der Waals surface area contributed by atoms with Crippen LogP contribution in [0, 0.1) is 27.4 Å². The minimum absolute atomic E-state index is 0.0564. The zero-order chi connectivity index (χ0) is 29.6. The van der Waals surface area contributed by atoms with E-state index in [1.165, 1.54) is 24.3 Å².